The van der Waals surface area contributed by atoms with Gasteiger partial charge in [0.1, 0.15) is 0 Å². The van der Waals surface area contributed by atoms with Crippen LogP contribution in [-0.4, -0.2) is 47.4 Å². The smallest absolute Gasteiger partial charge is 0.224 e. The Labute approximate surface area is 232 Å². The second-order valence-corrected chi connectivity index (χ2v) is 10.9. The van der Waals surface area contributed by atoms with Crippen LogP contribution in [0.5, 0.6) is 0 Å². The van der Waals surface area contributed by atoms with Crippen LogP contribution in [-0.2, 0) is 9.53 Å². The maximum Gasteiger partial charge on any atom is 0.224 e. The number of halogens is 2. The van der Waals surface area contributed by atoms with Gasteiger partial charge in [0, 0.05) is 30.7 Å². The molecule has 1 aliphatic carbocycles. The topological polar surface area (TPSA) is 143 Å². The quantitative estimate of drug-likeness (QED) is 0.329. The standard InChI is InChI=1S/C26H32Cl2N8O2/c1-15-22(35-24(31-3)33-17-6-10-38-11-7-17)36(18-4-8-26(2,9-5-18)23(30)37)25(32-15)34-21-19(27)12-16(14-29)13-20(21)28/h12-13,17-18H,3-11H2,1-2H3,(H2,30,37)(H,32,34)(H,33,35)/t18-,26+. The fourth-order valence-corrected chi connectivity index (χ4v) is 5.54. The van der Waals surface area contributed by atoms with E-state index in [0.717, 1.165) is 12.8 Å². The third-order valence-corrected chi connectivity index (χ3v) is 7.99. The fourth-order valence-electron chi connectivity index (χ4n) is 4.96. The Hall–Kier alpha value is -3.13. The van der Waals surface area contributed by atoms with Gasteiger partial charge >= 0.3 is 0 Å². The summed E-state index contributed by atoms with van der Waals surface area (Å²) in [7, 11) is 0. The molecule has 0 bridgehead atoms. The molecule has 0 radical (unpaired) electrons. The average Bonchev–Trinajstić information content (AvgIpc) is 3.20. The highest BCUT2D eigenvalue weighted by Crippen LogP contribution is 2.45. The minimum atomic E-state index is -0.554. The zero-order valence-corrected chi connectivity index (χ0v) is 23.1. The normalized spacial score (nSPS) is 22.5. The summed E-state index contributed by atoms with van der Waals surface area (Å²) < 4.78 is 7.47. The molecule has 12 heteroatoms. The van der Waals surface area contributed by atoms with Gasteiger partial charge in [0.05, 0.1) is 33.1 Å². The third-order valence-electron chi connectivity index (χ3n) is 7.40. The first-order valence-electron chi connectivity index (χ1n) is 12.6. The van der Waals surface area contributed by atoms with Gasteiger partial charge in [-0.05, 0) is 64.3 Å². The number of hydrogen-bond acceptors (Lipinski definition) is 6. The number of primary amides is 1. The number of hydrogen-bond donors (Lipinski definition) is 3. The molecule has 1 aromatic heterocycles. The van der Waals surface area contributed by atoms with E-state index in [1.807, 2.05) is 18.4 Å². The summed E-state index contributed by atoms with van der Waals surface area (Å²) >= 11 is 13.0. The summed E-state index contributed by atoms with van der Waals surface area (Å²) in [6, 6.07) is 5.31. The molecule has 2 aromatic rings. The highest BCUT2D eigenvalue weighted by molar-refractivity contribution is 6.39. The Morgan fingerprint density at radius 2 is 1.89 bits per heavy atom. The van der Waals surface area contributed by atoms with E-state index in [0.29, 0.717) is 83.6 Å². The predicted molar refractivity (Wildman–Crippen MR) is 150 cm³/mol. The summed E-state index contributed by atoms with van der Waals surface area (Å²) in [4.78, 5) is 25.8. The lowest BCUT2D eigenvalue weighted by molar-refractivity contribution is -0.128. The number of amides is 1. The van der Waals surface area contributed by atoms with Crippen molar-refractivity contribution in [2.24, 2.45) is 21.1 Å². The zero-order valence-electron chi connectivity index (χ0n) is 21.6. The zero-order chi connectivity index (χ0) is 27.4. The lowest BCUT2D eigenvalue weighted by Crippen LogP contribution is -2.38. The van der Waals surface area contributed by atoms with Gasteiger partial charge in [0.2, 0.25) is 17.8 Å². The van der Waals surface area contributed by atoms with Crippen molar-refractivity contribution in [3.63, 3.8) is 0 Å². The Morgan fingerprint density at radius 1 is 1.26 bits per heavy atom. The number of benzene rings is 1. The van der Waals surface area contributed by atoms with Gasteiger partial charge in [-0.25, -0.2) is 9.98 Å². The van der Waals surface area contributed by atoms with E-state index in [4.69, 9.17) is 43.6 Å². The minimum absolute atomic E-state index is 0.0186. The molecular weight excluding hydrogens is 527 g/mol. The van der Waals surface area contributed by atoms with Crippen LogP contribution in [0.2, 0.25) is 10.0 Å². The van der Waals surface area contributed by atoms with Crippen LogP contribution >= 0.6 is 23.2 Å². The molecule has 0 atom stereocenters. The minimum Gasteiger partial charge on any atom is -0.381 e. The van der Waals surface area contributed by atoms with Crippen LogP contribution < -0.4 is 16.4 Å². The maximum absolute atomic E-state index is 12.1. The van der Waals surface area contributed by atoms with Gasteiger partial charge in [0.15, 0.2) is 5.82 Å². The molecule has 4 rings (SSSR count). The number of nitrogens with one attached hydrogen (secondary N) is 2. The number of aryl methyl sites for hydroxylation is 1. The molecule has 10 nitrogen and oxygen atoms in total. The fraction of sp³-hybridized carbons (Fsp3) is 0.500. The first-order chi connectivity index (χ1) is 18.1. The Morgan fingerprint density at radius 3 is 2.45 bits per heavy atom. The number of nitrogens with two attached hydrogens (primary N) is 1. The van der Waals surface area contributed by atoms with Crippen molar-refractivity contribution in [1.29, 1.82) is 5.26 Å². The first-order valence-corrected chi connectivity index (χ1v) is 13.4. The molecule has 2 aliphatic rings. The number of nitrogens with zero attached hydrogens (tertiary/aromatic N) is 5. The van der Waals surface area contributed by atoms with Gasteiger partial charge in [-0.2, -0.15) is 10.3 Å². The van der Waals surface area contributed by atoms with Crippen LogP contribution in [0.4, 0.5) is 17.5 Å². The van der Waals surface area contributed by atoms with Crippen LogP contribution in [0.15, 0.2) is 22.1 Å². The largest absolute Gasteiger partial charge is 0.381 e. The molecule has 202 valence electrons. The van der Waals surface area contributed by atoms with Crippen molar-refractivity contribution in [3.05, 3.63) is 33.4 Å². The van der Waals surface area contributed by atoms with E-state index >= 15 is 0 Å². The van der Waals surface area contributed by atoms with E-state index in [1.54, 1.807) is 12.1 Å². The maximum atomic E-state index is 12.1. The number of ether oxygens (including phenoxy) is 1. The Balaban J connectivity index is 1.74. The predicted octanol–water partition coefficient (Wildman–Crippen LogP) is 5.18. The molecule has 0 unspecified atom stereocenters. The molecule has 0 spiro atoms. The number of guanidine groups is 1. The number of aliphatic imine (C=N–C) groups is 2. The van der Waals surface area contributed by atoms with Crippen molar-refractivity contribution in [1.82, 2.24) is 14.9 Å². The second-order valence-electron chi connectivity index (χ2n) is 10.0. The van der Waals surface area contributed by atoms with E-state index in [9.17, 15) is 10.1 Å². The summed E-state index contributed by atoms with van der Waals surface area (Å²) in [5.74, 6) is 1.23. The van der Waals surface area contributed by atoms with Gasteiger partial charge in [-0.15, -0.1) is 0 Å². The highest BCUT2D eigenvalue weighted by Gasteiger charge is 2.38. The molecule has 1 saturated heterocycles. The number of aromatic nitrogens is 2. The first kappa shape index (κ1) is 27.9. The van der Waals surface area contributed by atoms with Gasteiger partial charge in [-0.3, -0.25) is 9.36 Å². The monoisotopic (exact) mass is 558 g/mol. The van der Waals surface area contributed by atoms with Crippen molar-refractivity contribution in [2.75, 3.05) is 18.5 Å². The van der Waals surface area contributed by atoms with Crippen molar-refractivity contribution in [3.8, 4) is 6.07 Å². The van der Waals surface area contributed by atoms with Gasteiger partial charge in [-0.1, -0.05) is 30.1 Å². The molecule has 1 amide bonds. The van der Waals surface area contributed by atoms with E-state index < -0.39 is 5.41 Å². The Bertz CT molecular complexity index is 1260. The summed E-state index contributed by atoms with van der Waals surface area (Å²) in [5, 5.41) is 16.5. The van der Waals surface area contributed by atoms with Crippen molar-refractivity contribution < 1.29 is 9.53 Å². The van der Waals surface area contributed by atoms with Gasteiger partial charge < -0.3 is 21.1 Å². The third kappa shape index (κ3) is 5.96. The van der Waals surface area contributed by atoms with Gasteiger partial charge in [0.25, 0.3) is 0 Å². The van der Waals surface area contributed by atoms with Crippen molar-refractivity contribution >= 4 is 59.2 Å². The molecule has 4 N–H and O–H groups in total. The van der Waals surface area contributed by atoms with E-state index in [2.05, 4.69) is 28.4 Å². The lowest BCUT2D eigenvalue weighted by atomic mass is 9.73. The molecule has 38 heavy (non-hydrogen) atoms. The molecular formula is C26H32Cl2N8O2. The Kier molecular flexibility index (Phi) is 8.61. The number of carbonyl (C=O) groups excluding carboxylic acids is 1. The molecule has 1 aromatic carbocycles. The van der Waals surface area contributed by atoms with Crippen LogP contribution in [0.25, 0.3) is 0 Å². The number of rotatable bonds is 6. The summed E-state index contributed by atoms with van der Waals surface area (Å²) in [6.45, 7) is 8.86. The number of nitriles is 1. The number of anilines is 2. The average molecular weight is 560 g/mol. The molecule has 1 saturated carbocycles. The lowest BCUT2D eigenvalue weighted by Gasteiger charge is -2.36. The van der Waals surface area contributed by atoms with Crippen LogP contribution in [0.3, 0.4) is 0 Å². The molecule has 1 aliphatic heterocycles. The van der Waals surface area contributed by atoms with E-state index in [1.165, 1.54) is 0 Å². The number of carbonyl (C=O) groups is 1. The van der Waals surface area contributed by atoms with Crippen LogP contribution in [0, 0.1) is 23.7 Å². The van der Waals surface area contributed by atoms with Crippen LogP contribution in [0.1, 0.15) is 62.7 Å². The number of imidazole rings is 1. The second kappa shape index (κ2) is 11.7. The highest BCUT2D eigenvalue weighted by atomic mass is 35.5. The summed E-state index contributed by atoms with van der Waals surface area (Å²) in [5.41, 5.74) is 6.61. The SMILES string of the molecule is C=N/C(=N\c1c(C)nc(Nc2c(Cl)cc(C#N)cc2Cl)n1[C@H]1CC[C@@](C)(C(N)=O)CC1)NC1CCOCC1. The molecule has 2 heterocycles. The van der Waals surface area contributed by atoms with Crippen molar-refractivity contribution in [2.45, 2.75) is 64.5 Å². The summed E-state index contributed by atoms with van der Waals surface area (Å²) in [6.07, 6.45) is 4.38. The van der Waals surface area contributed by atoms with E-state index in [-0.39, 0.29) is 18.0 Å². The molecule has 2 fully saturated rings.